The van der Waals surface area contributed by atoms with Gasteiger partial charge in [-0.05, 0) is 31.2 Å². The Labute approximate surface area is 134 Å². The second-order valence-corrected chi connectivity index (χ2v) is 4.98. The van der Waals surface area contributed by atoms with Crippen LogP contribution in [0.5, 0.6) is 11.5 Å². The number of rotatable bonds is 8. The summed E-state index contributed by atoms with van der Waals surface area (Å²) in [5, 5.41) is 2.62. The fraction of sp³-hybridized carbons (Fsp3) is 0.438. The molecule has 1 aromatic rings. The summed E-state index contributed by atoms with van der Waals surface area (Å²) in [7, 11) is 0. The topological polar surface area (TPSA) is 84.9 Å². The minimum absolute atomic E-state index is 0.187. The summed E-state index contributed by atoms with van der Waals surface area (Å²) in [6.45, 7) is 2.88. The Morgan fingerprint density at radius 2 is 1.65 bits per heavy atom. The van der Waals surface area contributed by atoms with E-state index in [0.717, 1.165) is 10.6 Å². The summed E-state index contributed by atoms with van der Waals surface area (Å²) < 4.78 is 10.8. The van der Waals surface area contributed by atoms with E-state index >= 15 is 0 Å². The summed E-state index contributed by atoms with van der Waals surface area (Å²) in [6.07, 6.45) is 0.375. The minimum atomic E-state index is -0.371. The maximum Gasteiger partial charge on any atom is 0.240 e. The fourth-order valence-electron chi connectivity index (χ4n) is 2.16. The lowest BCUT2D eigenvalue weighted by molar-refractivity contribution is -0.142. The molecule has 3 amide bonds. The lowest BCUT2D eigenvalue weighted by Crippen LogP contribution is -2.41. The van der Waals surface area contributed by atoms with Crippen molar-refractivity contribution in [3.8, 4) is 11.5 Å². The number of imide groups is 1. The van der Waals surface area contributed by atoms with E-state index in [0.29, 0.717) is 25.5 Å². The molecule has 0 aliphatic carbocycles. The smallest absolute Gasteiger partial charge is 0.240 e. The number of benzene rings is 1. The van der Waals surface area contributed by atoms with Gasteiger partial charge in [-0.25, -0.2) is 0 Å². The van der Waals surface area contributed by atoms with Crippen LogP contribution in [0.25, 0.3) is 0 Å². The van der Waals surface area contributed by atoms with E-state index in [-0.39, 0.29) is 37.1 Å². The predicted octanol–water partition coefficient (Wildman–Crippen LogP) is 0.729. The normalized spacial score (nSPS) is 14.0. The van der Waals surface area contributed by atoms with E-state index in [4.69, 9.17) is 9.47 Å². The molecular weight excluding hydrogens is 300 g/mol. The van der Waals surface area contributed by atoms with Crippen molar-refractivity contribution < 1.29 is 23.9 Å². The number of carbonyl (C=O) groups excluding carboxylic acids is 3. The van der Waals surface area contributed by atoms with Crippen molar-refractivity contribution in [3.63, 3.8) is 0 Å². The Morgan fingerprint density at radius 1 is 1.09 bits per heavy atom. The molecule has 2 rings (SSSR count). The number of likely N-dealkylation sites (tertiary alicyclic amines) is 1. The van der Waals surface area contributed by atoms with Crippen molar-refractivity contribution in [2.75, 3.05) is 26.3 Å². The zero-order chi connectivity index (χ0) is 16.7. The standard InChI is InChI=1S/C16H20N2O5/c1-2-22-12-3-5-13(6-4-12)23-10-9-17-14(19)11-18-15(20)7-8-16(18)21/h3-6H,2,7-11H2,1H3,(H,17,19). The van der Waals surface area contributed by atoms with E-state index in [2.05, 4.69) is 5.32 Å². The zero-order valence-corrected chi connectivity index (χ0v) is 13.0. The average molecular weight is 320 g/mol. The third kappa shape index (κ3) is 4.98. The fourth-order valence-corrected chi connectivity index (χ4v) is 2.16. The Morgan fingerprint density at radius 3 is 2.22 bits per heavy atom. The molecular formula is C16H20N2O5. The van der Waals surface area contributed by atoms with Crippen LogP contribution in [-0.2, 0) is 14.4 Å². The highest BCUT2D eigenvalue weighted by Crippen LogP contribution is 2.17. The molecule has 0 atom stereocenters. The quantitative estimate of drug-likeness (QED) is 0.564. The van der Waals surface area contributed by atoms with Crippen molar-refractivity contribution in [2.24, 2.45) is 0 Å². The molecule has 0 spiro atoms. The zero-order valence-electron chi connectivity index (χ0n) is 13.0. The summed E-state index contributed by atoms with van der Waals surface area (Å²) in [5.41, 5.74) is 0. The van der Waals surface area contributed by atoms with E-state index in [1.807, 2.05) is 19.1 Å². The number of carbonyl (C=O) groups is 3. The van der Waals surface area contributed by atoms with E-state index < -0.39 is 0 Å². The van der Waals surface area contributed by atoms with Gasteiger partial charge in [0.1, 0.15) is 24.7 Å². The van der Waals surface area contributed by atoms with Crippen LogP contribution in [-0.4, -0.2) is 48.9 Å². The highest BCUT2D eigenvalue weighted by molar-refractivity contribution is 6.04. The molecule has 1 aliphatic rings. The van der Waals surface area contributed by atoms with Crippen LogP contribution in [0.2, 0.25) is 0 Å². The lowest BCUT2D eigenvalue weighted by Gasteiger charge is -2.13. The Kier molecular flexibility index (Phi) is 5.96. The molecule has 1 fully saturated rings. The van der Waals surface area contributed by atoms with Gasteiger partial charge >= 0.3 is 0 Å². The Balaban J connectivity index is 1.65. The summed E-state index contributed by atoms with van der Waals surface area (Å²) in [5.74, 6) is 0.483. The molecule has 1 N–H and O–H groups in total. The van der Waals surface area contributed by atoms with Crippen LogP contribution in [0.3, 0.4) is 0 Å². The Bertz CT molecular complexity index is 554. The summed E-state index contributed by atoms with van der Waals surface area (Å²) in [6, 6.07) is 7.19. The first kappa shape index (κ1) is 16.8. The van der Waals surface area contributed by atoms with Crippen LogP contribution in [0.4, 0.5) is 0 Å². The van der Waals surface area contributed by atoms with Gasteiger partial charge in [-0.1, -0.05) is 0 Å². The average Bonchev–Trinajstić information content (AvgIpc) is 2.85. The van der Waals surface area contributed by atoms with Crippen molar-refractivity contribution in [1.82, 2.24) is 10.2 Å². The number of hydrogen-bond acceptors (Lipinski definition) is 5. The number of nitrogens with one attached hydrogen (secondary N) is 1. The maximum absolute atomic E-state index is 11.7. The van der Waals surface area contributed by atoms with Gasteiger partial charge in [-0.2, -0.15) is 0 Å². The molecule has 1 saturated heterocycles. The van der Waals surface area contributed by atoms with E-state index in [9.17, 15) is 14.4 Å². The first-order chi connectivity index (χ1) is 11.1. The van der Waals surface area contributed by atoms with Crippen LogP contribution in [0.15, 0.2) is 24.3 Å². The van der Waals surface area contributed by atoms with Crippen molar-refractivity contribution in [1.29, 1.82) is 0 Å². The third-order valence-electron chi connectivity index (χ3n) is 3.28. The van der Waals surface area contributed by atoms with Gasteiger partial charge < -0.3 is 14.8 Å². The number of ether oxygens (including phenoxy) is 2. The van der Waals surface area contributed by atoms with Crippen molar-refractivity contribution in [2.45, 2.75) is 19.8 Å². The molecule has 0 unspecified atom stereocenters. The van der Waals surface area contributed by atoms with Gasteiger partial charge in [-0.15, -0.1) is 0 Å². The van der Waals surface area contributed by atoms with Crippen LogP contribution >= 0.6 is 0 Å². The van der Waals surface area contributed by atoms with Crippen molar-refractivity contribution in [3.05, 3.63) is 24.3 Å². The molecule has 0 saturated carbocycles. The third-order valence-corrected chi connectivity index (χ3v) is 3.28. The van der Waals surface area contributed by atoms with Crippen LogP contribution in [0, 0.1) is 0 Å². The first-order valence-electron chi connectivity index (χ1n) is 7.55. The molecule has 1 aliphatic heterocycles. The summed E-state index contributed by atoms with van der Waals surface area (Å²) in [4.78, 5) is 35.5. The monoisotopic (exact) mass is 320 g/mol. The highest BCUT2D eigenvalue weighted by atomic mass is 16.5. The molecule has 23 heavy (non-hydrogen) atoms. The molecule has 0 radical (unpaired) electrons. The largest absolute Gasteiger partial charge is 0.494 e. The second kappa shape index (κ2) is 8.17. The molecule has 7 nitrogen and oxygen atoms in total. The minimum Gasteiger partial charge on any atom is -0.494 e. The van der Waals surface area contributed by atoms with Gasteiger partial charge in [0.15, 0.2) is 0 Å². The first-order valence-corrected chi connectivity index (χ1v) is 7.55. The highest BCUT2D eigenvalue weighted by Gasteiger charge is 2.30. The van der Waals surface area contributed by atoms with Crippen LogP contribution in [0.1, 0.15) is 19.8 Å². The SMILES string of the molecule is CCOc1ccc(OCCNC(=O)CN2C(=O)CCC2=O)cc1. The van der Waals surface area contributed by atoms with Gasteiger partial charge in [0.05, 0.1) is 13.2 Å². The van der Waals surface area contributed by atoms with Gasteiger partial charge in [-0.3, -0.25) is 19.3 Å². The van der Waals surface area contributed by atoms with E-state index in [1.54, 1.807) is 12.1 Å². The van der Waals surface area contributed by atoms with Gasteiger partial charge in [0.2, 0.25) is 17.7 Å². The van der Waals surface area contributed by atoms with Crippen molar-refractivity contribution >= 4 is 17.7 Å². The Hall–Kier alpha value is -2.57. The van der Waals surface area contributed by atoms with Crippen LogP contribution < -0.4 is 14.8 Å². The van der Waals surface area contributed by atoms with Gasteiger partial charge in [0, 0.05) is 12.8 Å². The summed E-state index contributed by atoms with van der Waals surface area (Å²) >= 11 is 0. The lowest BCUT2D eigenvalue weighted by atomic mass is 10.3. The number of nitrogens with zero attached hydrogens (tertiary/aromatic N) is 1. The molecule has 1 aromatic carbocycles. The molecule has 124 valence electrons. The number of hydrogen-bond donors (Lipinski definition) is 1. The molecule has 0 bridgehead atoms. The number of amides is 3. The molecule has 0 aromatic heterocycles. The molecule has 7 heteroatoms. The van der Waals surface area contributed by atoms with E-state index in [1.165, 1.54) is 0 Å². The second-order valence-electron chi connectivity index (χ2n) is 4.98. The van der Waals surface area contributed by atoms with Gasteiger partial charge in [0.25, 0.3) is 0 Å². The molecule has 1 heterocycles. The maximum atomic E-state index is 11.7. The predicted molar refractivity (Wildman–Crippen MR) is 82.1 cm³/mol.